The second-order valence-corrected chi connectivity index (χ2v) is 6.74. The van der Waals surface area contributed by atoms with E-state index in [1.54, 1.807) is 12.1 Å². The third kappa shape index (κ3) is 6.99. The third-order valence-corrected chi connectivity index (χ3v) is 4.17. The van der Waals surface area contributed by atoms with Gasteiger partial charge in [-0.3, -0.25) is 4.55 Å². The Morgan fingerprint density at radius 1 is 1.25 bits per heavy atom. The monoisotopic (exact) mass is 321 g/mol. The molecule has 6 nitrogen and oxygen atoms in total. The summed E-state index contributed by atoms with van der Waals surface area (Å²) in [6, 6.07) is 6.32. The summed E-state index contributed by atoms with van der Waals surface area (Å²) in [6.45, 7) is 2.21. The van der Waals surface area contributed by atoms with Crippen molar-refractivity contribution in [2.24, 2.45) is 0 Å². The van der Waals surface area contributed by atoms with Gasteiger partial charge in [-0.05, 0) is 24.1 Å². The Morgan fingerprint density at radius 3 is 2.45 bits per heavy atom. The van der Waals surface area contributed by atoms with E-state index in [0.717, 1.165) is 18.4 Å². The van der Waals surface area contributed by atoms with Crippen molar-refractivity contribution in [1.82, 2.24) is 4.72 Å². The van der Waals surface area contributed by atoms with E-state index in [4.69, 9.17) is 8.74 Å². The first-order valence-electron chi connectivity index (χ1n) is 6.28. The molecule has 20 heavy (non-hydrogen) atoms. The molecule has 0 amide bonds. The van der Waals surface area contributed by atoms with Crippen LogP contribution in [0.1, 0.15) is 31.7 Å². The quantitative estimate of drug-likeness (QED) is 0.411. The fourth-order valence-electron chi connectivity index (χ4n) is 1.53. The molecule has 1 rings (SSSR count). The summed E-state index contributed by atoms with van der Waals surface area (Å²) in [7, 11) is -3.55. The van der Waals surface area contributed by atoms with Gasteiger partial charge in [0, 0.05) is 6.54 Å². The SMILES string of the molecule is CCCCCS(=O)(=O)Oc1ccc(CNS(=O)O)cc1. The largest absolute Gasteiger partial charge is 0.382 e. The number of hydrogen-bond donors (Lipinski definition) is 2. The van der Waals surface area contributed by atoms with Crippen LogP contribution in [0.4, 0.5) is 0 Å². The first kappa shape index (κ1) is 17.1. The predicted octanol–water partition coefficient (Wildman–Crippen LogP) is 1.81. The van der Waals surface area contributed by atoms with Gasteiger partial charge in [0.2, 0.25) is 11.3 Å². The second kappa shape index (κ2) is 8.35. The normalized spacial score (nSPS) is 13.1. The lowest BCUT2D eigenvalue weighted by atomic mass is 10.2. The van der Waals surface area contributed by atoms with Crippen molar-refractivity contribution >= 4 is 21.4 Å². The number of benzene rings is 1. The van der Waals surface area contributed by atoms with Crippen molar-refractivity contribution in [2.45, 2.75) is 32.7 Å². The van der Waals surface area contributed by atoms with Gasteiger partial charge in [0.25, 0.3) is 0 Å². The molecule has 1 atom stereocenters. The van der Waals surface area contributed by atoms with Crippen molar-refractivity contribution in [3.8, 4) is 5.75 Å². The number of hydrogen-bond acceptors (Lipinski definition) is 4. The van der Waals surface area contributed by atoms with Gasteiger partial charge in [-0.1, -0.05) is 31.9 Å². The zero-order valence-corrected chi connectivity index (χ0v) is 12.9. The molecule has 0 bridgehead atoms. The number of nitrogens with one attached hydrogen (secondary N) is 1. The summed E-state index contributed by atoms with van der Waals surface area (Å²) in [6.07, 6.45) is 2.39. The topological polar surface area (TPSA) is 92.7 Å². The van der Waals surface area contributed by atoms with E-state index in [1.807, 2.05) is 6.92 Å². The van der Waals surface area contributed by atoms with Crippen molar-refractivity contribution < 1.29 is 21.4 Å². The molecule has 1 aromatic rings. The van der Waals surface area contributed by atoms with E-state index in [-0.39, 0.29) is 18.0 Å². The molecule has 2 N–H and O–H groups in total. The molecule has 0 aliphatic carbocycles. The average molecular weight is 321 g/mol. The van der Waals surface area contributed by atoms with Gasteiger partial charge < -0.3 is 4.18 Å². The van der Waals surface area contributed by atoms with Crippen LogP contribution in [0.15, 0.2) is 24.3 Å². The zero-order valence-electron chi connectivity index (χ0n) is 11.2. The van der Waals surface area contributed by atoms with Crippen molar-refractivity contribution in [1.29, 1.82) is 0 Å². The van der Waals surface area contributed by atoms with E-state index in [0.29, 0.717) is 6.42 Å². The third-order valence-electron chi connectivity index (χ3n) is 2.54. The van der Waals surface area contributed by atoms with Gasteiger partial charge in [0.15, 0.2) is 0 Å². The van der Waals surface area contributed by atoms with E-state index in [9.17, 15) is 12.6 Å². The summed E-state index contributed by atoms with van der Waals surface area (Å²) >= 11 is -2.07. The molecule has 0 spiro atoms. The molecular weight excluding hydrogens is 302 g/mol. The molecule has 1 unspecified atom stereocenters. The number of unbranched alkanes of at least 4 members (excludes halogenated alkanes) is 2. The molecule has 8 heteroatoms. The minimum absolute atomic E-state index is 0.00758. The van der Waals surface area contributed by atoms with Gasteiger partial charge in [-0.25, -0.2) is 8.93 Å². The van der Waals surface area contributed by atoms with Gasteiger partial charge in [-0.2, -0.15) is 8.42 Å². The average Bonchev–Trinajstić information content (AvgIpc) is 2.37. The lowest BCUT2D eigenvalue weighted by Crippen LogP contribution is -2.15. The molecule has 0 aliphatic heterocycles. The highest BCUT2D eigenvalue weighted by Crippen LogP contribution is 2.15. The van der Waals surface area contributed by atoms with Crippen molar-refractivity contribution in [3.63, 3.8) is 0 Å². The molecule has 0 fully saturated rings. The van der Waals surface area contributed by atoms with Crippen LogP contribution in [0.25, 0.3) is 0 Å². The van der Waals surface area contributed by atoms with E-state index in [1.165, 1.54) is 12.1 Å². The maximum atomic E-state index is 11.7. The van der Waals surface area contributed by atoms with E-state index >= 15 is 0 Å². The van der Waals surface area contributed by atoms with Crippen LogP contribution in [-0.2, 0) is 27.9 Å². The number of rotatable bonds is 9. The minimum Gasteiger partial charge on any atom is -0.382 e. The molecule has 114 valence electrons. The first-order valence-corrected chi connectivity index (χ1v) is 8.97. The van der Waals surface area contributed by atoms with E-state index in [2.05, 4.69) is 4.72 Å². The van der Waals surface area contributed by atoms with Gasteiger partial charge >= 0.3 is 10.1 Å². The van der Waals surface area contributed by atoms with Crippen LogP contribution < -0.4 is 8.91 Å². The van der Waals surface area contributed by atoms with Crippen LogP contribution in [0.2, 0.25) is 0 Å². The van der Waals surface area contributed by atoms with Crippen LogP contribution in [0.5, 0.6) is 5.75 Å². The maximum absolute atomic E-state index is 11.7. The molecule has 0 aromatic heterocycles. The highest BCUT2D eigenvalue weighted by molar-refractivity contribution is 7.87. The molecule has 0 saturated heterocycles. The molecule has 0 aliphatic rings. The van der Waals surface area contributed by atoms with Gasteiger partial charge in [0.1, 0.15) is 5.75 Å². The van der Waals surface area contributed by atoms with Crippen LogP contribution >= 0.6 is 0 Å². The Morgan fingerprint density at radius 2 is 1.90 bits per heavy atom. The predicted molar refractivity (Wildman–Crippen MR) is 78.0 cm³/mol. The first-order chi connectivity index (χ1) is 9.43. The second-order valence-electron chi connectivity index (χ2n) is 4.27. The lowest BCUT2D eigenvalue weighted by Gasteiger charge is -2.07. The summed E-state index contributed by atoms with van der Waals surface area (Å²) in [4.78, 5) is 0. The zero-order chi connectivity index (χ0) is 15.0. The van der Waals surface area contributed by atoms with E-state index < -0.39 is 21.4 Å². The highest BCUT2D eigenvalue weighted by atomic mass is 32.2. The van der Waals surface area contributed by atoms with Crippen molar-refractivity contribution in [2.75, 3.05) is 5.75 Å². The van der Waals surface area contributed by atoms with Crippen molar-refractivity contribution in [3.05, 3.63) is 29.8 Å². The Bertz CT molecular complexity index is 527. The summed E-state index contributed by atoms with van der Waals surface area (Å²) in [5.74, 6) is 0.253. The van der Waals surface area contributed by atoms with Crippen LogP contribution in [0, 0.1) is 0 Å². The molecule has 0 heterocycles. The molecule has 1 aromatic carbocycles. The highest BCUT2D eigenvalue weighted by Gasteiger charge is 2.12. The fourth-order valence-corrected chi connectivity index (χ4v) is 2.86. The summed E-state index contributed by atoms with van der Waals surface area (Å²) in [5, 5.41) is 0. The summed E-state index contributed by atoms with van der Waals surface area (Å²) < 4.78 is 49.7. The Balaban J connectivity index is 2.54. The smallest absolute Gasteiger partial charge is 0.309 e. The van der Waals surface area contributed by atoms with Crippen LogP contribution in [0.3, 0.4) is 0 Å². The fraction of sp³-hybridized carbons (Fsp3) is 0.500. The Labute approximate surface area is 122 Å². The lowest BCUT2D eigenvalue weighted by molar-refractivity contribution is 0.483. The van der Waals surface area contributed by atoms with Crippen LogP contribution in [-0.4, -0.2) is 22.9 Å². The maximum Gasteiger partial charge on any atom is 0.309 e. The standard InChI is InChI=1S/C12H19NO5S2/c1-2-3-4-9-20(16,17)18-12-7-5-11(6-8-12)10-13-19(14)15/h5-8,13H,2-4,9-10H2,1H3,(H,14,15). The van der Waals surface area contributed by atoms with Gasteiger partial charge in [-0.15, -0.1) is 0 Å². The molecular formula is C12H19NO5S2. The van der Waals surface area contributed by atoms with Gasteiger partial charge in [0.05, 0.1) is 5.75 Å². The molecule has 0 saturated carbocycles. The Kier molecular flexibility index (Phi) is 7.14. The summed E-state index contributed by atoms with van der Waals surface area (Å²) in [5.41, 5.74) is 0.753. The molecule has 0 radical (unpaired) electrons. The minimum atomic E-state index is -3.55. The Hall–Kier alpha value is -0.960.